The SMILES string of the molecule is CO[C@@H]1CCC[C@@H](n2cnc3cc(-c4nc(N5CCC(CO)CC5)nc5nc[nH]c45)cc(F)c32)C1. The van der Waals surface area contributed by atoms with Crippen LogP contribution in [0.3, 0.4) is 0 Å². The van der Waals surface area contributed by atoms with Gasteiger partial charge in [0, 0.05) is 38.4 Å². The second-order valence-electron chi connectivity index (χ2n) is 9.74. The van der Waals surface area contributed by atoms with Crippen LogP contribution in [0, 0.1) is 11.7 Å². The zero-order chi connectivity index (χ0) is 23.9. The lowest BCUT2D eigenvalue weighted by atomic mass is 9.92. The zero-order valence-corrected chi connectivity index (χ0v) is 19.8. The fraction of sp³-hybridized carbons (Fsp3) is 0.520. The molecule has 4 heterocycles. The number of methoxy groups -OCH3 is 1. The third kappa shape index (κ3) is 4.04. The Morgan fingerprint density at radius 1 is 1.14 bits per heavy atom. The third-order valence-electron chi connectivity index (χ3n) is 7.65. The highest BCUT2D eigenvalue weighted by Crippen LogP contribution is 2.35. The number of H-pyrrole nitrogens is 1. The molecule has 0 spiro atoms. The topological polar surface area (TPSA) is 105 Å². The lowest BCUT2D eigenvalue weighted by Gasteiger charge is -2.31. The van der Waals surface area contributed by atoms with E-state index in [9.17, 15) is 5.11 Å². The maximum Gasteiger partial charge on any atom is 0.228 e. The van der Waals surface area contributed by atoms with Crippen molar-refractivity contribution in [3.8, 4) is 11.3 Å². The van der Waals surface area contributed by atoms with Gasteiger partial charge in [-0.2, -0.15) is 4.98 Å². The van der Waals surface area contributed by atoms with E-state index in [2.05, 4.69) is 24.8 Å². The van der Waals surface area contributed by atoms with Crippen LogP contribution in [0.15, 0.2) is 24.8 Å². The molecule has 1 aliphatic heterocycles. The first-order valence-corrected chi connectivity index (χ1v) is 12.4. The number of ether oxygens (including phenoxy) is 1. The summed E-state index contributed by atoms with van der Waals surface area (Å²) in [5, 5.41) is 9.46. The van der Waals surface area contributed by atoms with Crippen LogP contribution < -0.4 is 4.90 Å². The Balaban J connectivity index is 1.38. The largest absolute Gasteiger partial charge is 0.396 e. The average molecular weight is 480 g/mol. The fourth-order valence-electron chi connectivity index (χ4n) is 5.61. The molecule has 3 aromatic heterocycles. The Kier molecular flexibility index (Phi) is 5.85. The van der Waals surface area contributed by atoms with E-state index >= 15 is 4.39 Å². The molecule has 2 atom stereocenters. The van der Waals surface area contributed by atoms with Crippen molar-refractivity contribution in [1.29, 1.82) is 0 Å². The predicted molar refractivity (Wildman–Crippen MR) is 131 cm³/mol. The van der Waals surface area contributed by atoms with E-state index in [1.807, 2.05) is 10.6 Å². The van der Waals surface area contributed by atoms with Gasteiger partial charge in [-0.05, 0) is 56.6 Å². The number of nitrogens with one attached hydrogen (secondary N) is 1. The quantitative estimate of drug-likeness (QED) is 0.448. The molecule has 6 rings (SSSR count). The van der Waals surface area contributed by atoms with Crippen molar-refractivity contribution >= 4 is 28.1 Å². The number of aliphatic hydroxyl groups is 1. The summed E-state index contributed by atoms with van der Waals surface area (Å²) in [4.78, 5) is 23.7. The first-order valence-electron chi connectivity index (χ1n) is 12.4. The Bertz CT molecular complexity index is 1340. The van der Waals surface area contributed by atoms with Gasteiger partial charge in [0.1, 0.15) is 22.5 Å². The van der Waals surface area contributed by atoms with E-state index in [1.54, 1.807) is 25.8 Å². The number of aromatic amines is 1. The minimum atomic E-state index is -0.314. The Labute approximate surface area is 202 Å². The molecule has 0 radical (unpaired) electrons. The minimum Gasteiger partial charge on any atom is -0.396 e. The van der Waals surface area contributed by atoms with Crippen LogP contribution in [0.25, 0.3) is 33.5 Å². The Morgan fingerprint density at radius 2 is 2.00 bits per heavy atom. The number of aromatic nitrogens is 6. The first-order chi connectivity index (χ1) is 17.1. The van der Waals surface area contributed by atoms with Crippen molar-refractivity contribution in [2.75, 3.05) is 31.7 Å². The molecule has 2 fully saturated rings. The van der Waals surface area contributed by atoms with Crippen LogP contribution >= 0.6 is 0 Å². The van der Waals surface area contributed by atoms with Gasteiger partial charge in [0.05, 0.1) is 24.3 Å². The van der Waals surface area contributed by atoms with Crippen molar-refractivity contribution in [3.05, 3.63) is 30.6 Å². The van der Waals surface area contributed by atoms with Gasteiger partial charge >= 0.3 is 0 Å². The van der Waals surface area contributed by atoms with Crippen molar-refractivity contribution in [2.24, 2.45) is 5.92 Å². The van der Waals surface area contributed by atoms with Crippen LogP contribution in [0.1, 0.15) is 44.6 Å². The molecule has 4 aromatic rings. The number of benzene rings is 1. The standard InChI is InChI=1S/C25H30FN7O2/c1-35-18-4-2-3-17(11-18)33-14-29-20-10-16(9-19(26)23(20)33)21-22-24(28-13-27-22)31-25(30-21)32-7-5-15(12-34)6-8-32/h9-10,13-15,17-18,34H,2-8,11-12H2,1H3,(H,27,28,30,31)/t17-,18-/m1/s1. The number of imidazole rings is 2. The van der Waals surface area contributed by atoms with Gasteiger partial charge in [-0.3, -0.25) is 0 Å². The van der Waals surface area contributed by atoms with E-state index in [1.165, 1.54) is 0 Å². The molecule has 1 saturated heterocycles. The van der Waals surface area contributed by atoms with Gasteiger partial charge in [0.25, 0.3) is 0 Å². The number of aliphatic hydroxyl groups excluding tert-OH is 1. The van der Waals surface area contributed by atoms with Crippen LogP contribution in [0.4, 0.5) is 10.3 Å². The lowest BCUT2D eigenvalue weighted by molar-refractivity contribution is 0.0536. The Hall–Kier alpha value is -3.11. The van der Waals surface area contributed by atoms with Gasteiger partial charge in [-0.25, -0.2) is 19.3 Å². The van der Waals surface area contributed by atoms with Gasteiger partial charge < -0.3 is 24.3 Å². The molecule has 1 aromatic carbocycles. The summed E-state index contributed by atoms with van der Waals surface area (Å²) < 4.78 is 23.2. The first kappa shape index (κ1) is 22.4. The summed E-state index contributed by atoms with van der Waals surface area (Å²) in [7, 11) is 1.74. The number of nitrogens with zero attached hydrogens (tertiary/aromatic N) is 6. The normalized spacial score (nSPS) is 21.9. The van der Waals surface area contributed by atoms with Crippen molar-refractivity contribution in [1.82, 2.24) is 29.5 Å². The van der Waals surface area contributed by atoms with E-state index < -0.39 is 0 Å². The van der Waals surface area contributed by atoms with Crippen molar-refractivity contribution < 1.29 is 14.2 Å². The summed E-state index contributed by atoms with van der Waals surface area (Å²) in [6.07, 6.45) is 9.26. The second kappa shape index (κ2) is 9.16. The van der Waals surface area contributed by atoms with Crippen molar-refractivity contribution in [2.45, 2.75) is 50.7 Å². The van der Waals surface area contributed by atoms with Gasteiger partial charge in [0.15, 0.2) is 5.65 Å². The average Bonchev–Trinajstić information content (AvgIpc) is 3.55. The number of anilines is 1. The maximum absolute atomic E-state index is 15.6. The molecule has 0 bridgehead atoms. The highest BCUT2D eigenvalue weighted by molar-refractivity contribution is 5.91. The molecule has 1 aliphatic carbocycles. The van der Waals surface area contributed by atoms with Gasteiger partial charge in [-0.1, -0.05) is 0 Å². The number of rotatable bonds is 5. The molecule has 10 heteroatoms. The molecule has 9 nitrogen and oxygen atoms in total. The lowest BCUT2D eigenvalue weighted by Crippen LogP contribution is -2.35. The monoisotopic (exact) mass is 479 g/mol. The molecule has 0 amide bonds. The van der Waals surface area contributed by atoms with Crippen LogP contribution in [-0.4, -0.2) is 67.5 Å². The number of piperidine rings is 1. The molecule has 184 valence electrons. The second-order valence-corrected chi connectivity index (χ2v) is 9.74. The number of hydrogen-bond donors (Lipinski definition) is 2. The van der Waals surface area contributed by atoms with E-state index in [0.29, 0.717) is 45.3 Å². The molecule has 2 aliphatic rings. The van der Waals surface area contributed by atoms with Gasteiger partial charge in [0.2, 0.25) is 5.95 Å². The van der Waals surface area contributed by atoms with Crippen LogP contribution in [-0.2, 0) is 4.74 Å². The zero-order valence-electron chi connectivity index (χ0n) is 19.8. The van der Waals surface area contributed by atoms with Crippen LogP contribution in [0.2, 0.25) is 0 Å². The summed E-state index contributed by atoms with van der Waals surface area (Å²) in [6, 6.07) is 3.61. The summed E-state index contributed by atoms with van der Waals surface area (Å²) in [6.45, 7) is 1.74. The molecule has 2 N–H and O–H groups in total. The molecule has 1 saturated carbocycles. The third-order valence-corrected chi connectivity index (χ3v) is 7.65. The molecular weight excluding hydrogens is 449 g/mol. The van der Waals surface area contributed by atoms with E-state index in [4.69, 9.17) is 9.72 Å². The number of halogens is 1. The smallest absolute Gasteiger partial charge is 0.228 e. The fourth-order valence-corrected chi connectivity index (χ4v) is 5.61. The summed E-state index contributed by atoms with van der Waals surface area (Å²) in [5.74, 6) is 0.579. The number of hydrogen-bond acceptors (Lipinski definition) is 7. The highest BCUT2D eigenvalue weighted by Gasteiger charge is 2.26. The van der Waals surface area contributed by atoms with Crippen molar-refractivity contribution in [3.63, 3.8) is 0 Å². The van der Waals surface area contributed by atoms with Crippen LogP contribution in [0.5, 0.6) is 0 Å². The minimum absolute atomic E-state index is 0.172. The van der Waals surface area contributed by atoms with E-state index in [0.717, 1.165) is 51.6 Å². The highest BCUT2D eigenvalue weighted by atomic mass is 19.1. The molecule has 0 unspecified atom stereocenters. The molecular formula is C25H30FN7O2. The van der Waals surface area contributed by atoms with Gasteiger partial charge in [-0.15, -0.1) is 0 Å². The maximum atomic E-state index is 15.6. The Morgan fingerprint density at radius 3 is 2.80 bits per heavy atom. The summed E-state index contributed by atoms with van der Waals surface area (Å²) >= 11 is 0. The molecule has 35 heavy (non-hydrogen) atoms. The summed E-state index contributed by atoms with van der Waals surface area (Å²) in [5.41, 5.74) is 3.61. The van der Waals surface area contributed by atoms with E-state index in [-0.39, 0.29) is 24.6 Å². The predicted octanol–water partition coefficient (Wildman–Crippen LogP) is 3.85. The number of fused-ring (bicyclic) bond motifs is 2.